The van der Waals surface area contributed by atoms with Gasteiger partial charge in [-0.05, 0) is 49.8 Å². The Morgan fingerprint density at radius 1 is 1.00 bits per heavy atom. The third-order valence-corrected chi connectivity index (χ3v) is 4.16. The first-order valence-electron chi connectivity index (χ1n) is 7.78. The van der Waals surface area contributed by atoms with Gasteiger partial charge in [-0.1, -0.05) is 61.9 Å². The first-order valence-corrected chi connectivity index (χ1v) is 7.78. The van der Waals surface area contributed by atoms with Crippen LogP contribution in [0.5, 0.6) is 0 Å². The molecule has 0 aliphatic heterocycles. The molecule has 1 unspecified atom stereocenters. The second-order valence-corrected chi connectivity index (χ2v) is 6.82. The van der Waals surface area contributed by atoms with E-state index in [-0.39, 0.29) is 5.41 Å². The van der Waals surface area contributed by atoms with Crippen molar-refractivity contribution in [2.24, 2.45) is 0 Å². The molecule has 1 atom stereocenters. The molecule has 0 amide bonds. The second-order valence-electron chi connectivity index (χ2n) is 6.82. The van der Waals surface area contributed by atoms with Gasteiger partial charge in [0.1, 0.15) is 0 Å². The zero-order chi connectivity index (χ0) is 15.5. The Balaban J connectivity index is 2.06. The number of hydrogen-bond acceptors (Lipinski definition) is 1. The summed E-state index contributed by atoms with van der Waals surface area (Å²) in [4.78, 5) is 0. The van der Waals surface area contributed by atoms with E-state index in [9.17, 15) is 0 Å². The summed E-state index contributed by atoms with van der Waals surface area (Å²) in [6, 6.07) is 17.8. The molecule has 0 fully saturated rings. The average Bonchev–Trinajstić information content (AvgIpc) is 2.42. The van der Waals surface area contributed by atoms with Crippen molar-refractivity contribution in [1.29, 1.82) is 0 Å². The van der Waals surface area contributed by atoms with Gasteiger partial charge in [0.15, 0.2) is 0 Å². The minimum atomic E-state index is 0.173. The largest absolute Gasteiger partial charge is 0.382 e. The molecule has 2 aromatic carbocycles. The van der Waals surface area contributed by atoms with Crippen LogP contribution in [0.15, 0.2) is 48.5 Å². The van der Waals surface area contributed by atoms with Crippen molar-refractivity contribution in [2.45, 2.75) is 52.5 Å². The maximum absolute atomic E-state index is 3.66. The van der Waals surface area contributed by atoms with E-state index in [2.05, 4.69) is 88.5 Å². The minimum absolute atomic E-state index is 0.173. The van der Waals surface area contributed by atoms with Crippen LogP contribution in [0.1, 0.15) is 43.9 Å². The lowest BCUT2D eigenvalue weighted by Gasteiger charge is -2.30. The van der Waals surface area contributed by atoms with Crippen molar-refractivity contribution in [3.63, 3.8) is 0 Å². The highest BCUT2D eigenvalue weighted by Gasteiger charge is 2.23. The highest BCUT2D eigenvalue weighted by atomic mass is 14.9. The monoisotopic (exact) mass is 281 g/mol. The Hall–Kier alpha value is -1.76. The van der Waals surface area contributed by atoms with Gasteiger partial charge >= 0.3 is 0 Å². The van der Waals surface area contributed by atoms with Crippen LogP contribution in [0.4, 0.5) is 5.69 Å². The Morgan fingerprint density at radius 2 is 1.67 bits per heavy atom. The molecule has 1 nitrogen and oxygen atoms in total. The van der Waals surface area contributed by atoms with Crippen molar-refractivity contribution in [3.05, 3.63) is 65.2 Å². The van der Waals surface area contributed by atoms with Gasteiger partial charge in [0.2, 0.25) is 0 Å². The topological polar surface area (TPSA) is 12.0 Å². The normalized spacial score (nSPS) is 13.0. The van der Waals surface area contributed by atoms with E-state index >= 15 is 0 Å². The lowest BCUT2D eigenvalue weighted by atomic mass is 9.79. The second kappa shape index (κ2) is 6.34. The number of nitrogens with one attached hydrogen (secondary N) is 1. The molecule has 2 rings (SSSR count). The van der Waals surface area contributed by atoms with Crippen LogP contribution >= 0.6 is 0 Å². The van der Waals surface area contributed by atoms with Gasteiger partial charge in [-0.2, -0.15) is 0 Å². The summed E-state index contributed by atoms with van der Waals surface area (Å²) in [7, 11) is 0. The summed E-state index contributed by atoms with van der Waals surface area (Å²) < 4.78 is 0. The molecule has 0 spiro atoms. The lowest BCUT2D eigenvalue weighted by molar-refractivity contribution is 0.450. The molecule has 0 radical (unpaired) electrons. The van der Waals surface area contributed by atoms with Crippen molar-refractivity contribution < 1.29 is 0 Å². The highest BCUT2D eigenvalue weighted by Crippen LogP contribution is 2.29. The van der Waals surface area contributed by atoms with Gasteiger partial charge in [0, 0.05) is 11.7 Å². The number of rotatable bonds is 5. The molecular formula is C20H27N. The van der Waals surface area contributed by atoms with Crippen LogP contribution in [0.25, 0.3) is 0 Å². The molecule has 0 aliphatic rings. The number of hydrogen-bond donors (Lipinski definition) is 1. The zero-order valence-electron chi connectivity index (χ0n) is 13.9. The maximum Gasteiger partial charge on any atom is 0.0372 e. The number of anilines is 1. The first-order chi connectivity index (χ1) is 9.88. The fourth-order valence-electron chi connectivity index (χ4n) is 3.06. The third kappa shape index (κ3) is 4.10. The summed E-state index contributed by atoms with van der Waals surface area (Å²) in [5.41, 5.74) is 5.46. The summed E-state index contributed by atoms with van der Waals surface area (Å²) in [6.45, 7) is 11.2. The molecular weight excluding hydrogens is 254 g/mol. The van der Waals surface area contributed by atoms with E-state index in [0.29, 0.717) is 6.04 Å². The molecule has 0 heterocycles. The fraction of sp³-hybridized carbons (Fsp3) is 0.400. The highest BCUT2D eigenvalue weighted by molar-refractivity contribution is 5.52. The van der Waals surface area contributed by atoms with Gasteiger partial charge in [-0.15, -0.1) is 0 Å². The molecule has 0 saturated carbocycles. The van der Waals surface area contributed by atoms with Crippen molar-refractivity contribution in [2.75, 3.05) is 5.32 Å². The SMILES string of the molecule is Cc1ccc(NC(C)CC(C)(C)c2ccccc2)c(C)c1. The van der Waals surface area contributed by atoms with Gasteiger partial charge in [0.25, 0.3) is 0 Å². The number of aryl methyl sites for hydroxylation is 2. The smallest absolute Gasteiger partial charge is 0.0372 e. The standard InChI is InChI=1S/C20H27N/c1-15-11-12-19(16(2)13-15)21-17(3)14-20(4,5)18-9-7-6-8-10-18/h6-13,17,21H,14H2,1-5H3. The summed E-state index contributed by atoms with van der Waals surface area (Å²) in [5.74, 6) is 0. The molecule has 21 heavy (non-hydrogen) atoms. The molecule has 1 N–H and O–H groups in total. The Kier molecular flexibility index (Phi) is 4.72. The Labute approximate surface area is 129 Å². The lowest BCUT2D eigenvalue weighted by Crippen LogP contribution is -2.28. The summed E-state index contributed by atoms with van der Waals surface area (Å²) >= 11 is 0. The molecule has 1 heteroatoms. The number of benzene rings is 2. The van der Waals surface area contributed by atoms with Gasteiger partial charge < -0.3 is 5.32 Å². The fourth-order valence-corrected chi connectivity index (χ4v) is 3.06. The third-order valence-electron chi connectivity index (χ3n) is 4.16. The van der Waals surface area contributed by atoms with Gasteiger partial charge in [0.05, 0.1) is 0 Å². The van der Waals surface area contributed by atoms with Crippen LogP contribution in [0, 0.1) is 13.8 Å². The quantitative estimate of drug-likeness (QED) is 0.766. The van der Waals surface area contributed by atoms with Gasteiger partial charge in [-0.3, -0.25) is 0 Å². The minimum Gasteiger partial charge on any atom is -0.382 e. The molecule has 112 valence electrons. The van der Waals surface area contributed by atoms with Crippen LogP contribution in [-0.2, 0) is 5.41 Å². The molecule has 0 aromatic heterocycles. The molecule has 0 saturated heterocycles. The van der Waals surface area contributed by atoms with Crippen molar-refractivity contribution in [3.8, 4) is 0 Å². The van der Waals surface area contributed by atoms with E-state index < -0.39 is 0 Å². The summed E-state index contributed by atoms with van der Waals surface area (Å²) in [5, 5.41) is 3.66. The molecule has 0 bridgehead atoms. The predicted molar refractivity (Wildman–Crippen MR) is 93.1 cm³/mol. The molecule has 2 aromatic rings. The van der Waals surface area contributed by atoms with E-state index in [0.717, 1.165) is 6.42 Å². The van der Waals surface area contributed by atoms with Crippen molar-refractivity contribution >= 4 is 5.69 Å². The van der Waals surface area contributed by atoms with Crippen LogP contribution in [0.3, 0.4) is 0 Å². The summed E-state index contributed by atoms with van der Waals surface area (Å²) in [6.07, 6.45) is 1.10. The van der Waals surface area contributed by atoms with Crippen LogP contribution in [0.2, 0.25) is 0 Å². The Bertz CT molecular complexity index is 584. The van der Waals surface area contributed by atoms with E-state index in [1.165, 1.54) is 22.4 Å². The average molecular weight is 281 g/mol. The first kappa shape index (κ1) is 15.6. The van der Waals surface area contributed by atoms with E-state index in [4.69, 9.17) is 0 Å². The zero-order valence-corrected chi connectivity index (χ0v) is 13.9. The predicted octanol–water partition coefficient (Wildman–Crippen LogP) is 5.47. The van der Waals surface area contributed by atoms with E-state index in [1.54, 1.807) is 0 Å². The maximum atomic E-state index is 3.66. The molecule has 0 aliphatic carbocycles. The van der Waals surface area contributed by atoms with Gasteiger partial charge in [-0.25, -0.2) is 0 Å². The van der Waals surface area contributed by atoms with Crippen LogP contribution < -0.4 is 5.32 Å². The van der Waals surface area contributed by atoms with Crippen molar-refractivity contribution in [1.82, 2.24) is 0 Å². The van der Waals surface area contributed by atoms with Crippen LogP contribution in [-0.4, -0.2) is 6.04 Å². The Morgan fingerprint density at radius 3 is 2.29 bits per heavy atom. The van der Waals surface area contributed by atoms with E-state index in [1.807, 2.05) is 0 Å².